The van der Waals surface area contributed by atoms with Crippen LogP contribution in [-0.4, -0.2) is 58.5 Å². The molecular weight excluding hydrogens is 506 g/mol. The van der Waals surface area contributed by atoms with Gasteiger partial charge in [0.1, 0.15) is 17.4 Å². The van der Waals surface area contributed by atoms with Gasteiger partial charge in [-0.2, -0.15) is 5.10 Å². The van der Waals surface area contributed by atoms with Gasteiger partial charge in [0.05, 0.1) is 35.9 Å². The van der Waals surface area contributed by atoms with Crippen LogP contribution in [0, 0.1) is 10.1 Å². The van der Waals surface area contributed by atoms with E-state index >= 15 is 0 Å². The van der Waals surface area contributed by atoms with Gasteiger partial charge in [-0.25, -0.2) is 20.0 Å². The van der Waals surface area contributed by atoms with Gasteiger partial charge in [-0.15, -0.1) is 0 Å². The van der Waals surface area contributed by atoms with Crippen molar-refractivity contribution >= 4 is 51.8 Å². The zero-order valence-electron chi connectivity index (χ0n) is 19.7. The summed E-state index contributed by atoms with van der Waals surface area (Å²) < 4.78 is 9.75. The maximum absolute atomic E-state index is 13.4. The van der Waals surface area contributed by atoms with Crippen molar-refractivity contribution in [2.75, 3.05) is 19.5 Å². The predicted octanol–water partition coefficient (Wildman–Crippen LogP) is 0.329. The van der Waals surface area contributed by atoms with E-state index in [0.717, 1.165) is 19.2 Å². The number of urea groups is 1. The lowest BCUT2D eigenvalue weighted by molar-refractivity contribution is -0.384. The fourth-order valence-corrected chi connectivity index (χ4v) is 3.29. The summed E-state index contributed by atoms with van der Waals surface area (Å²) in [5.41, 5.74) is 3.73. The van der Waals surface area contributed by atoms with Crippen LogP contribution >= 0.6 is 0 Å². The topological polar surface area (TPSA) is 238 Å². The number of aromatic nitrogens is 2. The normalized spacial score (nSPS) is 11.8. The summed E-state index contributed by atoms with van der Waals surface area (Å²) in [6.45, 7) is 0. The number of ketones is 1. The second-order valence-corrected chi connectivity index (χ2v) is 7.33. The molecule has 3 amide bonds. The number of H-pyrrole nitrogens is 1. The number of non-ortho nitro benzene ring substituents is 1. The largest absolute Gasteiger partial charge is 0.495 e. The molecule has 0 saturated heterocycles. The van der Waals surface area contributed by atoms with Crippen LogP contribution in [0.15, 0.2) is 52.4 Å². The van der Waals surface area contributed by atoms with E-state index in [2.05, 4.69) is 25.1 Å². The van der Waals surface area contributed by atoms with Crippen molar-refractivity contribution in [1.29, 1.82) is 0 Å². The number of aromatic amines is 1. The fourth-order valence-electron chi connectivity index (χ4n) is 3.29. The number of hydrogen-bond acceptors (Lipinski definition) is 11. The fraction of sp³-hybridized carbons (Fsp3) is 0.136. The van der Waals surface area contributed by atoms with E-state index in [0.29, 0.717) is 0 Å². The molecule has 0 aliphatic rings. The van der Waals surface area contributed by atoms with Gasteiger partial charge in [-0.1, -0.05) is 12.1 Å². The first-order valence-corrected chi connectivity index (χ1v) is 10.4. The number of para-hydroxylation sites is 2. The zero-order valence-corrected chi connectivity index (χ0v) is 19.7. The van der Waals surface area contributed by atoms with Crippen molar-refractivity contribution in [3.8, 4) is 5.75 Å². The van der Waals surface area contributed by atoms with Gasteiger partial charge in [0.25, 0.3) is 17.2 Å². The lowest BCUT2D eigenvalue weighted by atomic mass is 9.93. The molecule has 0 unspecified atom stereocenters. The molecule has 16 nitrogen and oxygen atoms in total. The van der Waals surface area contributed by atoms with Crippen LogP contribution in [-0.2, 0) is 19.1 Å². The molecule has 1 aromatic heterocycles. The summed E-state index contributed by atoms with van der Waals surface area (Å²) in [5.74, 6) is -5.91. The van der Waals surface area contributed by atoms with Gasteiger partial charge in [0.15, 0.2) is 5.71 Å². The van der Waals surface area contributed by atoms with Crippen LogP contribution in [0.1, 0.15) is 11.6 Å². The van der Waals surface area contributed by atoms with E-state index < -0.39 is 51.5 Å². The lowest BCUT2D eigenvalue weighted by Crippen LogP contribution is -2.41. The van der Waals surface area contributed by atoms with Gasteiger partial charge < -0.3 is 25.5 Å². The molecule has 2 aromatic carbocycles. The average molecular weight is 525 g/mol. The Kier molecular flexibility index (Phi) is 8.06. The van der Waals surface area contributed by atoms with Gasteiger partial charge in [-0.05, 0) is 18.2 Å². The molecule has 196 valence electrons. The number of nitro benzene ring substituents is 1. The number of anilines is 1. The molecule has 0 spiro atoms. The maximum atomic E-state index is 13.4. The monoisotopic (exact) mass is 525 g/mol. The molecule has 3 aromatic rings. The molecule has 0 fully saturated rings. The van der Waals surface area contributed by atoms with Crippen molar-refractivity contribution in [1.82, 2.24) is 15.4 Å². The molecule has 1 atom stereocenters. The number of primary amides is 1. The number of rotatable bonds is 9. The van der Waals surface area contributed by atoms with Gasteiger partial charge in [0, 0.05) is 12.1 Å². The number of amides is 3. The second-order valence-electron chi connectivity index (χ2n) is 7.33. The number of benzene rings is 2. The van der Waals surface area contributed by atoms with E-state index in [-0.39, 0.29) is 28.2 Å². The second kappa shape index (κ2) is 11.4. The number of nitrogens with zero attached hydrogens (tertiary/aromatic N) is 3. The number of methoxy groups -OCH3 is 2. The Morgan fingerprint density at radius 3 is 2.50 bits per heavy atom. The number of Topliss-reactive ketones (excluding diaryl/α,β-unsaturated/α-hetero) is 1. The number of nitro groups is 1. The quantitative estimate of drug-likeness (QED) is 0.0981. The van der Waals surface area contributed by atoms with Gasteiger partial charge in [0.2, 0.25) is 5.78 Å². The van der Waals surface area contributed by atoms with Crippen LogP contribution in [0.25, 0.3) is 11.0 Å². The predicted molar refractivity (Wildman–Crippen MR) is 131 cm³/mol. The molecule has 0 aliphatic carbocycles. The van der Waals surface area contributed by atoms with E-state index in [4.69, 9.17) is 10.5 Å². The number of nitrogens with one attached hydrogen (secondary N) is 3. The van der Waals surface area contributed by atoms with Crippen LogP contribution in [0.4, 0.5) is 16.2 Å². The first kappa shape index (κ1) is 26.9. The summed E-state index contributed by atoms with van der Waals surface area (Å²) in [4.78, 5) is 80.0. The number of esters is 1. The van der Waals surface area contributed by atoms with Gasteiger partial charge >= 0.3 is 12.0 Å². The Balaban J connectivity index is 2.19. The summed E-state index contributed by atoms with van der Waals surface area (Å²) >= 11 is 0. The summed E-state index contributed by atoms with van der Waals surface area (Å²) in [5, 5.41) is 16.9. The van der Waals surface area contributed by atoms with E-state index in [9.17, 15) is 34.1 Å². The number of nitrogens with two attached hydrogens (primary N) is 1. The molecule has 3 rings (SSSR count). The minimum Gasteiger partial charge on any atom is -0.495 e. The standard InChI is InChI=1S/C22H19N7O9/c1-37-14-6-4-3-5-12(14)25-20(32)18(30)15(17(21(33)38-2)27-28-22(23)34)16-19(31)26-13-9-10(29(35)36)7-8-11(13)24-16/h3-9,15H,1-2H3,(H,25,32)(H,26,31)(H3,23,28,34)/b27-17-/t15-/m1/s1. The van der Waals surface area contributed by atoms with Gasteiger partial charge in [-0.3, -0.25) is 24.5 Å². The van der Waals surface area contributed by atoms with E-state index in [1.807, 2.05) is 0 Å². The summed E-state index contributed by atoms with van der Waals surface area (Å²) in [6, 6.07) is 8.16. The third-order valence-corrected chi connectivity index (χ3v) is 4.98. The Hall–Kier alpha value is -5.67. The number of ether oxygens (including phenoxy) is 2. The highest BCUT2D eigenvalue weighted by Crippen LogP contribution is 2.25. The van der Waals surface area contributed by atoms with Crippen LogP contribution < -0.4 is 26.8 Å². The average Bonchev–Trinajstić information content (AvgIpc) is 2.89. The minimum absolute atomic E-state index is 0.0276. The lowest BCUT2D eigenvalue weighted by Gasteiger charge is -2.16. The van der Waals surface area contributed by atoms with Crippen LogP contribution in [0.2, 0.25) is 0 Å². The first-order chi connectivity index (χ1) is 18.1. The number of hydrazone groups is 1. The number of carbonyl (C=O) groups is 4. The Labute approximate surface area is 212 Å². The van der Waals surface area contributed by atoms with Crippen molar-refractivity contribution in [3.05, 3.63) is 68.6 Å². The smallest absolute Gasteiger partial charge is 0.355 e. The highest BCUT2D eigenvalue weighted by molar-refractivity contribution is 6.53. The molecular formula is C22H19N7O9. The number of carbonyl (C=O) groups excluding carboxylic acids is 4. The van der Waals surface area contributed by atoms with Crippen LogP contribution in [0.5, 0.6) is 5.75 Å². The highest BCUT2D eigenvalue weighted by atomic mass is 16.6. The van der Waals surface area contributed by atoms with Crippen molar-refractivity contribution in [2.24, 2.45) is 10.8 Å². The zero-order chi connectivity index (χ0) is 28.0. The molecule has 0 radical (unpaired) electrons. The first-order valence-electron chi connectivity index (χ1n) is 10.4. The van der Waals surface area contributed by atoms with E-state index in [1.54, 1.807) is 17.6 Å². The molecule has 1 heterocycles. The molecule has 38 heavy (non-hydrogen) atoms. The third kappa shape index (κ3) is 5.76. The summed E-state index contributed by atoms with van der Waals surface area (Å²) in [7, 11) is 2.26. The van der Waals surface area contributed by atoms with Crippen molar-refractivity contribution in [3.63, 3.8) is 0 Å². The number of hydrogen-bond donors (Lipinski definition) is 4. The molecule has 0 bridgehead atoms. The third-order valence-electron chi connectivity index (χ3n) is 4.98. The van der Waals surface area contributed by atoms with Crippen molar-refractivity contribution in [2.45, 2.75) is 5.92 Å². The Morgan fingerprint density at radius 2 is 1.87 bits per heavy atom. The van der Waals surface area contributed by atoms with Crippen LogP contribution in [0.3, 0.4) is 0 Å². The highest BCUT2D eigenvalue weighted by Gasteiger charge is 2.39. The molecule has 5 N–H and O–H groups in total. The molecule has 0 saturated carbocycles. The number of fused-ring (bicyclic) bond motifs is 1. The maximum Gasteiger partial charge on any atom is 0.355 e. The molecule has 0 aliphatic heterocycles. The Bertz CT molecular complexity index is 1550. The van der Waals surface area contributed by atoms with Crippen molar-refractivity contribution < 1.29 is 33.6 Å². The summed E-state index contributed by atoms with van der Waals surface area (Å²) in [6.07, 6.45) is 0. The SMILES string of the molecule is COC(=O)/C(=N\NC(N)=O)[C@H](C(=O)C(=O)Nc1ccccc1OC)c1nc2ccc([N+](=O)[O-])cc2[nH]c1=O. The minimum atomic E-state index is -2.10. The van der Waals surface area contributed by atoms with E-state index in [1.165, 1.54) is 25.3 Å². The Morgan fingerprint density at radius 1 is 1.16 bits per heavy atom. The molecule has 16 heteroatoms.